The molecule has 0 saturated heterocycles. The van der Waals surface area contributed by atoms with Crippen LogP contribution in [0.2, 0.25) is 0 Å². The molecule has 0 bridgehead atoms. The number of hydrogen-bond donors (Lipinski definition) is 1. The molecule has 58 valence electrons. The van der Waals surface area contributed by atoms with Crippen molar-refractivity contribution in [1.82, 2.24) is 0 Å². The molecule has 0 heterocycles. The Labute approximate surface area is 96.8 Å². The van der Waals surface area contributed by atoms with Crippen LogP contribution in [0, 0.1) is 0 Å². The first-order valence-electron chi connectivity index (χ1n) is 2.63. The maximum absolute atomic E-state index is 10.4. The molecule has 0 spiro atoms. The second kappa shape index (κ2) is 5.93. The van der Waals surface area contributed by atoms with Crippen LogP contribution >= 0.6 is 0 Å². The van der Waals surface area contributed by atoms with E-state index in [9.17, 15) is 8.42 Å². The van der Waals surface area contributed by atoms with Gasteiger partial charge in [0.2, 0.25) is 0 Å². The second-order valence-corrected chi connectivity index (χ2v) is 3.21. The molecule has 0 amide bonds. The summed E-state index contributed by atoms with van der Waals surface area (Å²) in [5, 5.41) is 0. The molecule has 12 heavy (non-hydrogen) atoms. The molecule has 1 aromatic rings. The molecule has 0 aliphatic carbocycles. The van der Waals surface area contributed by atoms with Gasteiger partial charge in [0.25, 0.3) is 10.1 Å². The van der Waals surface area contributed by atoms with Gasteiger partial charge in [0.1, 0.15) is 0 Å². The Kier molecular flexibility index (Phi) is 7.35. The summed E-state index contributed by atoms with van der Waals surface area (Å²) in [6.07, 6.45) is 0. The topological polar surface area (TPSA) is 54.4 Å². The Bertz CT molecular complexity index is 309. The van der Waals surface area contributed by atoms with Gasteiger partial charge < -0.3 is 0 Å². The third-order valence-electron chi connectivity index (χ3n) is 1.04. The monoisotopic (exact) mass is 286 g/mol. The summed E-state index contributed by atoms with van der Waals surface area (Å²) in [5.74, 6) is 0. The molecule has 1 rings (SSSR count). The van der Waals surface area contributed by atoms with Gasteiger partial charge in [0.15, 0.2) is 0 Å². The van der Waals surface area contributed by atoms with E-state index in [1.165, 1.54) is 12.1 Å². The predicted octanol–water partition coefficient (Wildman–Crippen LogP) is 0.928. The van der Waals surface area contributed by atoms with Gasteiger partial charge in [-0.3, -0.25) is 4.55 Å². The number of rotatable bonds is 1. The largest absolute Gasteiger partial charge is 0.294 e. The Morgan fingerprint density at radius 2 is 1.42 bits per heavy atom. The molecular weight excluding hydrogens is 283 g/mol. The SMILES string of the molecule is O=S(=O)(O)c1ccccc1.[Zn].[Zn]. The quantitative estimate of drug-likeness (QED) is 0.618. The first-order chi connectivity index (χ1) is 4.61. The van der Waals surface area contributed by atoms with E-state index in [4.69, 9.17) is 4.55 Å². The maximum atomic E-state index is 10.4. The fourth-order valence-electron chi connectivity index (χ4n) is 0.592. The molecule has 3 nitrogen and oxygen atoms in total. The maximum Gasteiger partial charge on any atom is 0.294 e. The molecule has 6 heteroatoms. The molecule has 1 aromatic carbocycles. The van der Waals surface area contributed by atoms with E-state index in [0.717, 1.165) is 0 Å². The van der Waals surface area contributed by atoms with Crippen molar-refractivity contribution in [2.24, 2.45) is 0 Å². The molecule has 0 unspecified atom stereocenters. The molecule has 0 aliphatic heterocycles. The van der Waals surface area contributed by atoms with Gasteiger partial charge >= 0.3 is 0 Å². The minimum absolute atomic E-state index is 0. The van der Waals surface area contributed by atoms with Crippen LogP contribution in [-0.2, 0) is 49.1 Å². The minimum Gasteiger partial charge on any atom is -0.282 e. The Morgan fingerprint density at radius 3 is 1.67 bits per heavy atom. The van der Waals surface area contributed by atoms with Crippen molar-refractivity contribution in [3.63, 3.8) is 0 Å². The van der Waals surface area contributed by atoms with E-state index in [1.54, 1.807) is 18.2 Å². The van der Waals surface area contributed by atoms with Crippen molar-refractivity contribution in [1.29, 1.82) is 0 Å². The smallest absolute Gasteiger partial charge is 0.282 e. The Morgan fingerprint density at radius 1 is 1.00 bits per heavy atom. The fourth-order valence-corrected chi connectivity index (χ4v) is 1.09. The van der Waals surface area contributed by atoms with Crippen LogP contribution in [0.25, 0.3) is 0 Å². The van der Waals surface area contributed by atoms with Crippen molar-refractivity contribution < 1.29 is 51.9 Å². The second-order valence-electron chi connectivity index (χ2n) is 1.79. The van der Waals surface area contributed by atoms with E-state index < -0.39 is 10.1 Å². The molecule has 0 saturated carbocycles. The van der Waals surface area contributed by atoms with E-state index in [1.807, 2.05) is 0 Å². The van der Waals surface area contributed by atoms with Crippen molar-refractivity contribution >= 4 is 10.1 Å². The van der Waals surface area contributed by atoms with Gasteiger partial charge in [-0.05, 0) is 12.1 Å². The third-order valence-corrected chi connectivity index (χ3v) is 1.91. The standard InChI is InChI=1S/C6H6O3S.2Zn/c7-10(8,9)6-4-2-1-3-5-6;;/h1-5H,(H,7,8,9);;. The van der Waals surface area contributed by atoms with Gasteiger partial charge in [-0.25, -0.2) is 0 Å². The molecule has 1 N–H and O–H groups in total. The van der Waals surface area contributed by atoms with Gasteiger partial charge in [0.05, 0.1) is 4.90 Å². The molecular formula is C6H6O3SZn2. The zero-order valence-electron chi connectivity index (χ0n) is 6.47. The van der Waals surface area contributed by atoms with Crippen LogP contribution in [0.1, 0.15) is 0 Å². The summed E-state index contributed by atoms with van der Waals surface area (Å²) in [7, 11) is -4.00. The van der Waals surface area contributed by atoms with Crippen LogP contribution in [-0.4, -0.2) is 13.0 Å². The first kappa shape index (κ1) is 14.9. The zero-order chi connectivity index (χ0) is 7.61. The van der Waals surface area contributed by atoms with Gasteiger partial charge in [-0.15, -0.1) is 0 Å². The summed E-state index contributed by atoms with van der Waals surface area (Å²) in [4.78, 5) is -0.0741. The minimum atomic E-state index is -4.00. The normalized spacial score (nSPS) is 9.42. The summed E-state index contributed by atoms with van der Waals surface area (Å²) >= 11 is 0. The molecule has 0 fully saturated rings. The van der Waals surface area contributed by atoms with E-state index in [2.05, 4.69) is 0 Å². The van der Waals surface area contributed by atoms with Gasteiger partial charge in [-0.2, -0.15) is 8.42 Å². The summed E-state index contributed by atoms with van der Waals surface area (Å²) < 4.78 is 29.2. The number of benzene rings is 1. The van der Waals surface area contributed by atoms with Crippen molar-refractivity contribution in [2.45, 2.75) is 4.90 Å². The van der Waals surface area contributed by atoms with Crippen LogP contribution in [0.3, 0.4) is 0 Å². The van der Waals surface area contributed by atoms with Crippen molar-refractivity contribution in [2.75, 3.05) is 0 Å². The summed E-state index contributed by atoms with van der Waals surface area (Å²) in [6.45, 7) is 0. The average molecular weight is 289 g/mol. The molecule has 0 radical (unpaired) electrons. The molecule has 0 aliphatic rings. The number of hydrogen-bond acceptors (Lipinski definition) is 2. The van der Waals surface area contributed by atoms with Crippen molar-refractivity contribution in [3.8, 4) is 0 Å². The molecule has 0 atom stereocenters. The van der Waals surface area contributed by atoms with E-state index in [-0.39, 0.29) is 43.9 Å². The van der Waals surface area contributed by atoms with E-state index >= 15 is 0 Å². The zero-order valence-corrected chi connectivity index (χ0v) is 13.2. The van der Waals surface area contributed by atoms with Crippen molar-refractivity contribution in [3.05, 3.63) is 30.3 Å². The summed E-state index contributed by atoms with van der Waals surface area (Å²) in [5.41, 5.74) is 0. The fraction of sp³-hybridized carbons (Fsp3) is 0. The average Bonchev–Trinajstić information content (AvgIpc) is 1.88. The van der Waals surface area contributed by atoms with Gasteiger partial charge in [-0.1, -0.05) is 18.2 Å². The Balaban J connectivity index is 0. The Hall–Kier alpha value is 0.377. The first-order valence-corrected chi connectivity index (χ1v) is 4.07. The van der Waals surface area contributed by atoms with Crippen LogP contribution in [0.5, 0.6) is 0 Å². The van der Waals surface area contributed by atoms with Crippen LogP contribution in [0.4, 0.5) is 0 Å². The molecule has 0 aromatic heterocycles. The van der Waals surface area contributed by atoms with E-state index in [0.29, 0.717) is 0 Å². The van der Waals surface area contributed by atoms with Gasteiger partial charge in [0, 0.05) is 39.0 Å². The van der Waals surface area contributed by atoms with Crippen LogP contribution in [0.15, 0.2) is 35.2 Å². The summed E-state index contributed by atoms with van der Waals surface area (Å²) in [6, 6.07) is 7.42. The van der Waals surface area contributed by atoms with Crippen LogP contribution < -0.4 is 0 Å². The predicted molar refractivity (Wildman–Crippen MR) is 36.3 cm³/mol. The third kappa shape index (κ3) is 4.41.